The van der Waals surface area contributed by atoms with Gasteiger partial charge in [0.1, 0.15) is 0 Å². The molecular weight excluding hydrogens is 466 g/mol. The third-order valence-corrected chi connectivity index (χ3v) is 6.18. The van der Waals surface area contributed by atoms with Gasteiger partial charge >= 0.3 is 5.97 Å². The highest BCUT2D eigenvalue weighted by Crippen LogP contribution is 2.31. The molecule has 0 N–H and O–H groups in total. The summed E-state index contributed by atoms with van der Waals surface area (Å²) < 4.78 is 8.28. The van der Waals surface area contributed by atoms with E-state index < -0.39 is 12.0 Å². The van der Waals surface area contributed by atoms with Crippen molar-refractivity contribution in [2.75, 3.05) is 6.61 Å². The van der Waals surface area contributed by atoms with Crippen LogP contribution >= 0.6 is 27.3 Å². The summed E-state index contributed by atoms with van der Waals surface area (Å²) in [6.07, 6.45) is 3.42. The van der Waals surface area contributed by atoms with Crippen LogP contribution in [-0.4, -0.2) is 22.1 Å². The number of benzene rings is 1. The fourth-order valence-electron chi connectivity index (χ4n) is 3.35. The van der Waals surface area contributed by atoms with E-state index in [1.807, 2.05) is 42.5 Å². The molecule has 0 spiro atoms. The average molecular weight is 484 g/mol. The Labute approximate surface area is 185 Å². The third-order valence-electron chi connectivity index (χ3n) is 4.67. The maximum atomic E-state index is 13.4. The van der Waals surface area contributed by atoms with E-state index in [0.29, 0.717) is 26.3 Å². The standard InChI is InChI=1S/C22H18BrN3O3S/c1-3-29-21(28)18-13(2)25-22-26(19(18)14-7-9-15(23)10-8-14)20(27)17(30-22)12-16-6-4-5-11-24-16/h4-12,19H,3H2,1-2H3/b17-12-/t19-/m1/s1. The maximum Gasteiger partial charge on any atom is 0.338 e. The fraction of sp³-hybridized carbons (Fsp3) is 0.182. The Morgan fingerprint density at radius 1 is 1.27 bits per heavy atom. The molecule has 0 bridgehead atoms. The first kappa shape index (κ1) is 20.4. The minimum absolute atomic E-state index is 0.216. The second kappa shape index (κ2) is 8.49. The maximum absolute atomic E-state index is 13.4. The number of fused-ring (bicyclic) bond motifs is 1. The van der Waals surface area contributed by atoms with Gasteiger partial charge in [-0.25, -0.2) is 9.79 Å². The summed E-state index contributed by atoms with van der Waals surface area (Å²) in [7, 11) is 0. The topological polar surface area (TPSA) is 73.6 Å². The number of esters is 1. The number of ether oxygens (including phenoxy) is 1. The molecule has 0 saturated heterocycles. The van der Waals surface area contributed by atoms with E-state index in [1.54, 1.807) is 30.7 Å². The number of allylic oxidation sites excluding steroid dienone is 1. The van der Waals surface area contributed by atoms with Crippen LogP contribution in [0, 0.1) is 0 Å². The smallest absolute Gasteiger partial charge is 0.338 e. The van der Waals surface area contributed by atoms with Crippen molar-refractivity contribution in [2.24, 2.45) is 4.99 Å². The van der Waals surface area contributed by atoms with E-state index in [4.69, 9.17) is 4.74 Å². The number of hydrogen-bond donors (Lipinski definition) is 0. The zero-order chi connectivity index (χ0) is 21.3. The van der Waals surface area contributed by atoms with E-state index in [-0.39, 0.29) is 12.2 Å². The molecule has 30 heavy (non-hydrogen) atoms. The van der Waals surface area contributed by atoms with Crippen molar-refractivity contribution in [3.8, 4) is 0 Å². The lowest BCUT2D eigenvalue weighted by Gasteiger charge is -2.24. The summed E-state index contributed by atoms with van der Waals surface area (Å²) >= 11 is 4.72. The highest BCUT2D eigenvalue weighted by atomic mass is 79.9. The number of pyridine rings is 1. The van der Waals surface area contributed by atoms with Crippen LogP contribution in [0.4, 0.5) is 0 Å². The predicted octanol–water partition coefficient (Wildman–Crippen LogP) is 2.96. The van der Waals surface area contributed by atoms with Crippen LogP contribution in [0.25, 0.3) is 6.08 Å². The molecule has 0 aliphatic carbocycles. The molecule has 3 aromatic rings. The van der Waals surface area contributed by atoms with Gasteiger partial charge in [0.05, 0.1) is 34.1 Å². The highest BCUT2D eigenvalue weighted by Gasteiger charge is 2.33. The molecule has 0 amide bonds. The SMILES string of the molecule is CCOC(=O)C1=C(C)N=c2s/c(=C\c3ccccn3)c(=O)n2[C@@H]1c1ccc(Br)cc1. The van der Waals surface area contributed by atoms with Crippen LogP contribution in [0.2, 0.25) is 0 Å². The van der Waals surface area contributed by atoms with Gasteiger partial charge in [-0.1, -0.05) is 45.5 Å². The first-order chi connectivity index (χ1) is 14.5. The summed E-state index contributed by atoms with van der Waals surface area (Å²) in [5.41, 5.74) is 2.19. The molecule has 0 radical (unpaired) electrons. The molecule has 1 atom stereocenters. The van der Waals surface area contributed by atoms with E-state index in [1.165, 1.54) is 11.3 Å². The van der Waals surface area contributed by atoms with E-state index in [9.17, 15) is 9.59 Å². The van der Waals surface area contributed by atoms with Gasteiger partial charge in [-0.3, -0.25) is 14.3 Å². The first-order valence-corrected chi connectivity index (χ1v) is 11.0. The Morgan fingerprint density at radius 3 is 2.70 bits per heavy atom. The molecule has 1 aromatic carbocycles. The lowest BCUT2D eigenvalue weighted by molar-refractivity contribution is -0.139. The van der Waals surface area contributed by atoms with Crippen molar-refractivity contribution in [1.82, 2.24) is 9.55 Å². The molecule has 152 valence electrons. The van der Waals surface area contributed by atoms with Crippen LogP contribution in [0.1, 0.15) is 31.1 Å². The molecule has 0 saturated carbocycles. The van der Waals surface area contributed by atoms with E-state index >= 15 is 0 Å². The Bertz CT molecular complexity index is 1310. The zero-order valence-electron chi connectivity index (χ0n) is 16.3. The molecule has 2 aromatic heterocycles. The van der Waals surface area contributed by atoms with Crippen LogP contribution in [-0.2, 0) is 9.53 Å². The summed E-state index contributed by atoms with van der Waals surface area (Å²) in [6.45, 7) is 3.77. The summed E-state index contributed by atoms with van der Waals surface area (Å²) in [4.78, 5) is 35.5. The molecule has 0 unspecified atom stereocenters. The summed E-state index contributed by atoms with van der Waals surface area (Å²) in [6, 6.07) is 12.5. The number of aromatic nitrogens is 2. The predicted molar refractivity (Wildman–Crippen MR) is 119 cm³/mol. The Morgan fingerprint density at radius 2 is 2.03 bits per heavy atom. The van der Waals surface area contributed by atoms with Crippen LogP contribution < -0.4 is 14.9 Å². The van der Waals surface area contributed by atoms with Gasteiger partial charge in [-0.2, -0.15) is 0 Å². The number of hydrogen-bond acceptors (Lipinski definition) is 6. The minimum Gasteiger partial charge on any atom is -0.463 e. The Kier molecular flexibility index (Phi) is 5.78. The van der Waals surface area contributed by atoms with Crippen molar-refractivity contribution in [3.63, 3.8) is 0 Å². The normalized spacial score (nSPS) is 16.2. The largest absolute Gasteiger partial charge is 0.463 e. The number of carbonyl (C=O) groups is 1. The van der Waals surface area contributed by atoms with Gasteiger partial charge in [0.15, 0.2) is 4.80 Å². The van der Waals surface area contributed by atoms with Crippen molar-refractivity contribution < 1.29 is 9.53 Å². The molecule has 3 heterocycles. The monoisotopic (exact) mass is 483 g/mol. The Balaban J connectivity index is 1.96. The van der Waals surface area contributed by atoms with Crippen LogP contribution in [0.3, 0.4) is 0 Å². The molecule has 1 aliphatic rings. The van der Waals surface area contributed by atoms with Crippen LogP contribution in [0.5, 0.6) is 0 Å². The lowest BCUT2D eigenvalue weighted by atomic mass is 9.96. The second-order valence-corrected chi connectivity index (χ2v) is 8.53. The number of nitrogens with zero attached hydrogens (tertiary/aromatic N) is 3. The fourth-order valence-corrected chi connectivity index (χ4v) is 4.64. The zero-order valence-corrected chi connectivity index (χ0v) is 18.7. The van der Waals surface area contributed by atoms with Crippen molar-refractivity contribution in [3.05, 3.63) is 95.3 Å². The number of halogens is 1. The third kappa shape index (κ3) is 3.80. The van der Waals surface area contributed by atoms with Gasteiger partial charge in [-0.05, 0) is 49.8 Å². The molecule has 6 nitrogen and oxygen atoms in total. The lowest BCUT2D eigenvalue weighted by Crippen LogP contribution is -2.39. The van der Waals surface area contributed by atoms with E-state index in [2.05, 4.69) is 25.9 Å². The van der Waals surface area contributed by atoms with Crippen molar-refractivity contribution in [1.29, 1.82) is 0 Å². The van der Waals surface area contributed by atoms with Gasteiger partial charge in [0, 0.05) is 10.7 Å². The first-order valence-electron chi connectivity index (χ1n) is 9.35. The summed E-state index contributed by atoms with van der Waals surface area (Å²) in [5.74, 6) is -0.467. The number of carbonyl (C=O) groups excluding carboxylic acids is 1. The average Bonchev–Trinajstić information content (AvgIpc) is 3.03. The Hall–Kier alpha value is -2.84. The number of thiazole rings is 1. The van der Waals surface area contributed by atoms with Gasteiger partial charge in [0.2, 0.25) is 0 Å². The molecule has 8 heteroatoms. The van der Waals surface area contributed by atoms with E-state index in [0.717, 1.165) is 10.0 Å². The quantitative estimate of drug-likeness (QED) is 0.534. The van der Waals surface area contributed by atoms with Crippen molar-refractivity contribution >= 4 is 39.3 Å². The van der Waals surface area contributed by atoms with Gasteiger partial charge < -0.3 is 4.74 Å². The number of rotatable bonds is 4. The minimum atomic E-state index is -0.612. The van der Waals surface area contributed by atoms with Gasteiger partial charge in [-0.15, -0.1) is 0 Å². The molecular formula is C22H18BrN3O3S. The van der Waals surface area contributed by atoms with Crippen LogP contribution in [0.15, 0.2) is 74.2 Å². The van der Waals surface area contributed by atoms with Crippen molar-refractivity contribution in [2.45, 2.75) is 19.9 Å². The molecule has 4 rings (SSSR count). The molecule has 0 fully saturated rings. The molecule has 1 aliphatic heterocycles. The highest BCUT2D eigenvalue weighted by molar-refractivity contribution is 9.10. The second-order valence-electron chi connectivity index (χ2n) is 6.61. The summed E-state index contributed by atoms with van der Waals surface area (Å²) in [5, 5.41) is 0. The van der Waals surface area contributed by atoms with Gasteiger partial charge in [0.25, 0.3) is 5.56 Å².